The number of likely N-dealkylation sites (tertiary alicyclic amines) is 2. The molecule has 192 valence electrons. The van der Waals surface area contributed by atoms with Gasteiger partial charge < -0.3 is 20.4 Å². The van der Waals surface area contributed by atoms with Crippen molar-refractivity contribution in [1.82, 2.24) is 20.4 Å². The molecule has 0 radical (unpaired) electrons. The van der Waals surface area contributed by atoms with Gasteiger partial charge in [0, 0.05) is 51.9 Å². The molecule has 0 aromatic rings. The number of carbonyl (C=O) groups is 2. The summed E-state index contributed by atoms with van der Waals surface area (Å²) >= 11 is 0. The lowest BCUT2D eigenvalue weighted by Crippen LogP contribution is -2.33. The van der Waals surface area contributed by atoms with Crippen molar-refractivity contribution in [2.75, 3.05) is 65.4 Å². The first-order chi connectivity index (χ1) is 15.5. The fourth-order valence-corrected chi connectivity index (χ4v) is 3.19. The monoisotopic (exact) mass is 456 g/mol. The van der Waals surface area contributed by atoms with Gasteiger partial charge in [0.15, 0.2) is 0 Å². The Bertz CT molecular complexity index is 353. The molecule has 6 heteroatoms. The van der Waals surface area contributed by atoms with Crippen molar-refractivity contribution in [1.29, 1.82) is 0 Å². The Morgan fingerprint density at radius 2 is 0.781 bits per heavy atom. The third kappa shape index (κ3) is 23.8. The Hall–Kier alpha value is -0.820. The molecule has 0 aliphatic carbocycles. The molecule has 2 fully saturated rings. The van der Waals surface area contributed by atoms with Crippen LogP contribution in [0.15, 0.2) is 0 Å². The average molecular weight is 457 g/mol. The molecule has 2 heterocycles. The summed E-state index contributed by atoms with van der Waals surface area (Å²) in [5, 5.41) is 6.57. The van der Waals surface area contributed by atoms with Crippen molar-refractivity contribution in [2.45, 2.75) is 92.9 Å². The van der Waals surface area contributed by atoms with Crippen LogP contribution in [-0.4, -0.2) is 86.8 Å². The predicted molar refractivity (Wildman–Crippen MR) is 140 cm³/mol. The molecule has 0 aromatic carbocycles. The number of piperidine rings is 2. The number of Topliss-reactive ketones (excluding diaryl/α,β-unsaturated/α-hetero) is 2. The van der Waals surface area contributed by atoms with E-state index in [0.29, 0.717) is 11.6 Å². The van der Waals surface area contributed by atoms with Gasteiger partial charge in [-0.2, -0.15) is 0 Å². The summed E-state index contributed by atoms with van der Waals surface area (Å²) < 4.78 is 0. The molecule has 2 saturated heterocycles. The second kappa shape index (κ2) is 26.4. The Morgan fingerprint density at radius 3 is 0.969 bits per heavy atom. The van der Waals surface area contributed by atoms with Crippen molar-refractivity contribution in [3.05, 3.63) is 0 Å². The number of hydrogen-bond acceptors (Lipinski definition) is 6. The summed E-state index contributed by atoms with van der Waals surface area (Å²) in [6.45, 7) is 23.8. The zero-order valence-corrected chi connectivity index (χ0v) is 22.4. The van der Waals surface area contributed by atoms with Gasteiger partial charge in [-0.15, -0.1) is 0 Å². The van der Waals surface area contributed by atoms with Gasteiger partial charge in [0.2, 0.25) is 0 Å². The first kappa shape index (κ1) is 33.4. The second-order valence-electron chi connectivity index (χ2n) is 8.45. The molecule has 0 aromatic heterocycles. The molecule has 0 unspecified atom stereocenters. The largest absolute Gasteiger partial charge is 0.317 e. The lowest BCUT2D eigenvalue weighted by Gasteiger charge is -2.23. The maximum absolute atomic E-state index is 10.7. The van der Waals surface area contributed by atoms with E-state index in [4.69, 9.17) is 0 Å². The van der Waals surface area contributed by atoms with Crippen LogP contribution in [0, 0.1) is 0 Å². The minimum atomic E-state index is 0.430. The van der Waals surface area contributed by atoms with Gasteiger partial charge in [-0.3, -0.25) is 9.59 Å². The van der Waals surface area contributed by atoms with Crippen molar-refractivity contribution in [2.24, 2.45) is 0 Å². The zero-order chi connectivity index (χ0) is 24.5. The SMILES string of the molecule is CCCNCCC.CCCNCCC.CCN1CCC(=O)CC1.CCN1CCC(=O)CC1. The van der Waals surface area contributed by atoms with Crippen LogP contribution in [0.5, 0.6) is 0 Å². The summed E-state index contributed by atoms with van der Waals surface area (Å²) in [6, 6.07) is 0. The minimum absolute atomic E-state index is 0.430. The first-order valence-electron chi connectivity index (χ1n) is 13.4. The fraction of sp³-hybridized carbons (Fsp3) is 0.923. The smallest absolute Gasteiger partial charge is 0.135 e. The molecule has 2 rings (SSSR count). The van der Waals surface area contributed by atoms with E-state index in [-0.39, 0.29) is 0 Å². The van der Waals surface area contributed by atoms with Crippen molar-refractivity contribution in [3.63, 3.8) is 0 Å². The molecule has 32 heavy (non-hydrogen) atoms. The van der Waals surface area contributed by atoms with Gasteiger partial charge in [0.05, 0.1) is 0 Å². The molecular formula is C26H56N4O2. The highest BCUT2D eigenvalue weighted by molar-refractivity contribution is 5.79. The van der Waals surface area contributed by atoms with Gasteiger partial charge in [-0.1, -0.05) is 41.5 Å². The molecule has 2 N–H and O–H groups in total. The van der Waals surface area contributed by atoms with Gasteiger partial charge in [0.1, 0.15) is 11.6 Å². The third-order valence-electron chi connectivity index (χ3n) is 5.43. The van der Waals surface area contributed by atoms with E-state index in [1.807, 2.05) is 0 Å². The number of nitrogens with one attached hydrogen (secondary N) is 2. The third-order valence-corrected chi connectivity index (χ3v) is 5.43. The molecule has 0 amide bonds. The van der Waals surface area contributed by atoms with Crippen LogP contribution in [0.3, 0.4) is 0 Å². The minimum Gasteiger partial charge on any atom is -0.317 e. The second-order valence-corrected chi connectivity index (χ2v) is 8.45. The Kier molecular flexibility index (Phi) is 27.6. The van der Waals surface area contributed by atoms with E-state index >= 15 is 0 Å². The summed E-state index contributed by atoms with van der Waals surface area (Å²) in [6.07, 6.45) is 8.09. The van der Waals surface area contributed by atoms with Crippen LogP contribution < -0.4 is 10.6 Å². The van der Waals surface area contributed by atoms with Crippen molar-refractivity contribution in [3.8, 4) is 0 Å². The van der Waals surface area contributed by atoms with Crippen LogP contribution in [0.2, 0.25) is 0 Å². The van der Waals surface area contributed by atoms with Gasteiger partial charge in [0.25, 0.3) is 0 Å². The summed E-state index contributed by atoms with van der Waals surface area (Å²) in [5.41, 5.74) is 0. The Morgan fingerprint density at radius 1 is 0.531 bits per heavy atom. The topological polar surface area (TPSA) is 64.7 Å². The van der Waals surface area contributed by atoms with Gasteiger partial charge >= 0.3 is 0 Å². The molecule has 2 aliphatic heterocycles. The zero-order valence-electron chi connectivity index (χ0n) is 22.4. The maximum atomic E-state index is 10.7. The Balaban J connectivity index is 0. The van der Waals surface area contributed by atoms with Gasteiger partial charge in [-0.05, 0) is 65.0 Å². The number of rotatable bonds is 10. The maximum Gasteiger partial charge on any atom is 0.135 e. The molecule has 0 spiro atoms. The predicted octanol–water partition coefficient (Wildman–Crippen LogP) is 4.13. The molecule has 6 nitrogen and oxygen atoms in total. The molecule has 0 bridgehead atoms. The standard InChI is InChI=1S/2C7H13NO.2C6H15N/c2*1-2-8-5-3-7(9)4-6-8;2*1-3-5-7-6-4-2/h2*2-6H2,1H3;2*7H,3-6H2,1-2H3. The number of carbonyl (C=O) groups excluding carboxylic acids is 2. The van der Waals surface area contributed by atoms with Crippen LogP contribution in [0.4, 0.5) is 0 Å². The van der Waals surface area contributed by atoms with E-state index in [1.165, 1.54) is 51.9 Å². The van der Waals surface area contributed by atoms with Crippen LogP contribution in [-0.2, 0) is 9.59 Å². The summed E-state index contributed by atoms with van der Waals surface area (Å²) in [5.74, 6) is 0.861. The van der Waals surface area contributed by atoms with E-state index in [2.05, 4.69) is 62.0 Å². The normalized spacial score (nSPS) is 16.8. The highest BCUT2D eigenvalue weighted by atomic mass is 16.1. The highest BCUT2D eigenvalue weighted by Crippen LogP contribution is 2.04. The van der Waals surface area contributed by atoms with Crippen molar-refractivity contribution >= 4 is 11.6 Å². The molecular weight excluding hydrogens is 400 g/mol. The van der Waals surface area contributed by atoms with Crippen LogP contribution in [0.1, 0.15) is 92.9 Å². The lowest BCUT2D eigenvalue weighted by atomic mass is 10.1. The van der Waals surface area contributed by atoms with Crippen LogP contribution in [0.25, 0.3) is 0 Å². The molecule has 2 aliphatic rings. The van der Waals surface area contributed by atoms with E-state index in [0.717, 1.165) is 65.0 Å². The lowest BCUT2D eigenvalue weighted by molar-refractivity contribution is -0.122. The fourth-order valence-electron chi connectivity index (χ4n) is 3.19. The van der Waals surface area contributed by atoms with E-state index in [9.17, 15) is 9.59 Å². The number of hydrogen-bond donors (Lipinski definition) is 2. The van der Waals surface area contributed by atoms with Gasteiger partial charge in [-0.25, -0.2) is 0 Å². The highest BCUT2D eigenvalue weighted by Gasteiger charge is 2.14. The molecule has 0 saturated carbocycles. The van der Waals surface area contributed by atoms with E-state index < -0.39 is 0 Å². The quantitative estimate of drug-likeness (QED) is 0.482. The summed E-state index contributed by atoms with van der Waals surface area (Å²) in [4.78, 5) is 26.0. The molecule has 0 atom stereocenters. The van der Waals surface area contributed by atoms with Crippen molar-refractivity contribution < 1.29 is 9.59 Å². The van der Waals surface area contributed by atoms with Crippen LogP contribution >= 0.6 is 0 Å². The summed E-state index contributed by atoms with van der Waals surface area (Å²) in [7, 11) is 0. The number of ketones is 2. The average Bonchev–Trinajstić information content (AvgIpc) is 2.82. The van der Waals surface area contributed by atoms with E-state index in [1.54, 1.807) is 0 Å². The first-order valence-corrected chi connectivity index (χ1v) is 13.4. The Labute approximate surface area is 200 Å². The number of nitrogens with zero attached hydrogens (tertiary/aromatic N) is 2.